The van der Waals surface area contributed by atoms with Crippen LogP contribution in [-0.4, -0.2) is 31.9 Å². The second-order valence-electron chi connectivity index (χ2n) is 6.40. The standard InChI is InChI=1S/C19H17F2N3O3S/c1-27-18-15(20)7-8-16(21)19(18)28(25,26)24-12-14(23-10-4-9-22-23)11-13-5-2-3-6-17(13)24/h2-10,14H,11-12H2,1H3. The molecule has 3 aromatic rings. The Morgan fingerprint density at radius 3 is 2.57 bits per heavy atom. The smallest absolute Gasteiger partial charge is 0.271 e. The van der Waals surface area contributed by atoms with E-state index < -0.39 is 32.3 Å². The van der Waals surface area contributed by atoms with E-state index in [0.717, 1.165) is 29.1 Å². The Balaban J connectivity index is 1.89. The number of fused-ring (bicyclic) bond motifs is 1. The summed E-state index contributed by atoms with van der Waals surface area (Å²) in [6.45, 7) is 0.0279. The molecule has 0 amide bonds. The van der Waals surface area contributed by atoms with Crippen LogP contribution in [0.1, 0.15) is 11.6 Å². The molecule has 0 fully saturated rings. The van der Waals surface area contributed by atoms with Gasteiger partial charge in [0.2, 0.25) is 0 Å². The Bertz CT molecular complexity index is 1120. The fourth-order valence-corrected chi connectivity index (χ4v) is 5.25. The number of ether oxygens (including phenoxy) is 1. The maximum atomic E-state index is 14.5. The minimum atomic E-state index is -4.44. The second-order valence-corrected chi connectivity index (χ2v) is 8.20. The van der Waals surface area contributed by atoms with E-state index >= 15 is 0 Å². The Morgan fingerprint density at radius 1 is 1.11 bits per heavy atom. The molecule has 2 heterocycles. The molecule has 6 nitrogen and oxygen atoms in total. The Morgan fingerprint density at radius 2 is 1.86 bits per heavy atom. The summed E-state index contributed by atoms with van der Waals surface area (Å²) < 4.78 is 63.2. The van der Waals surface area contributed by atoms with E-state index in [-0.39, 0.29) is 12.6 Å². The normalized spacial score (nSPS) is 16.7. The zero-order valence-electron chi connectivity index (χ0n) is 14.9. The average molecular weight is 405 g/mol. The molecule has 0 radical (unpaired) electrons. The predicted molar refractivity (Wildman–Crippen MR) is 98.9 cm³/mol. The summed E-state index contributed by atoms with van der Waals surface area (Å²) in [6, 6.07) is 10.0. The Hall–Kier alpha value is -2.94. The molecule has 0 N–H and O–H groups in total. The van der Waals surface area contributed by atoms with E-state index in [1.165, 1.54) is 0 Å². The lowest BCUT2D eigenvalue weighted by Crippen LogP contribution is -2.41. The molecule has 28 heavy (non-hydrogen) atoms. The topological polar surface area (TPSA) is 64.4 Å². The molecule has 1 aliphatic heterocycles. The van der Waals surface area contributed by atoms with Gasteiger partial charge in [-0.05, 0) is 36.2 Å². The van der Waals surface area contributed by atoms with Crippen molar-refractivity contribution in [2.75, 3.05) is 18.0 Å². The molecule has 0 saturated carbocycles. The summed E-state index contributed by atoms with van der Waals surface area (Å²) in [5, 5.41) is 4.20. The van der Waals surface area contributed by atoms with Gasteiger partial charge in [0.05, 0.1) is 25.4 Å². The lowest BCUT2D eigenvalue weighted by Gasteiger charge is -2.35. The minimum absolute atomic E-state index is 0.0279. The molecule has 1 aromatic heterocycles. The predicted octanol–water partition coefficient (Wildman–Crippen LogP) is 3.16. The first kappa shape index (κ1) is 18.4. The Labute approximate surface area is 161 Å². The number of methoxy groups -OCH3 is 1. The number of aromatic nitrogens is 2. The van der Waals surface area contributed by atoms with Crippen LogP contribution in [0.3, 0.4) is 0 Å². The largest absolute Gasteiger partial charge is 0.492 e. The number of anilines is 1. The van der Waals surface area contributed by atoms with Gasteiger partial charge in [-0.25, -0.2) is 17.2 Å². The number of hydrogen-bond acceptors (Lipinski definition) is 4. The van der Waals surface area contributed by atoms with Crippen LogP contribution in [0.4, 0.5) is 14.5 Å². The van der Waals surface area contributed by atoms with Gasteiger partial charge in [0.25, 0.3) is 10.0 Å². The second kappa shape index (κ2) is 6.90. The lowest BCUT2D eigenvalue weighted by molar-refractivity contribution is 0.366. The van der Waals surface area contributed by atoms with Crippen molar-refractivity contribution in [1.82, 2.24) is 9.78 Å². The van der Waals surface area contributed by atoms with Crippen molar-refractivity contribution >= 4 is 15.7 Å². The number of rotatable bonds is 4. The molecule has 1 unspecified atom stereocenters. The average Bonchev–Trinajstić information content (AvgIpc) is 3.23. The quantitative estimate of drug-likeness (QED) is 0.669. The van der Waals surface area contributed by atoms with Gasteiger partial charge in [-0.1, -0.05) is 18.2 Å². The van der Waals surface area contributed by atoms with Crippen molar-refractivity contribution in [3.63, 3.8) is 0 Å². The van der Waals surface area contributed by atoms with Gasteiger partial charge >= 0.3 is 0 Å². The number of para-hydroxylation sites is 1. The summed E-state index contributed by atoms with van der Waals surface area (Å²) in [5.74, 6) is -2.66. The van der Waals surface area contributed by atoms with Crippen molar-refractivity contribution in [3.8, 4) is 5.75 Å². The third kappa shape index (κ3) is 2.91. The summed E-state index contributed by atoms with van der Waals surface area (Å²) in [5.41, 5.74) is 1.20. The maximum absolute atomic E-state index is 14.5. The fourth-order valence-electron chi connectivity index (χ4n) is 3.49. The van der Waals surface area contributed by atoms with E-state index in [2.05, 4.69) is 5.10 Å². The van der Waals surface area contributed by atoms with Gasteiger partial charge in [0.1, 0.15) is 5.82 Å². The highest BCUT2D eigenvalue weighted by Gasteiger charge is 2.38. The maximum Gasteiger partial charge on any atom is 0.271 e. The van der Waals surface area contributed by atoms with Gasteiger partial charge < -0.3 is 4.74 Å². The van der Waals surface area contributed by atoms with Gasteiger partial charge in [-0.2, -0.15) is 5.10 Å². The van der Waals surface area contributed by atoms with Crippen LogP contribution < -0.4 is 9.04 Å². The lowest BCUT2D eigenvalue weighted by atomic mass is 10.00. The van der Waals surface area contributed by atoms with Gasteiger partial charge in [-0.15, -0.1) is 0 Å². The van der Waals surface area contributed by atoms with Crippen LogP contribution >= 0.6 is 0 Å². The van der Waals surface area contributed by atoms with E-state index in [9.17, 15) is 17.2 Å². The van der Waals surface area contributed by atoms with Crippen LogP contribution in [0.5, 0.6) is 5.75 Å². The number of benzene rings is 2. The van der Waals surface area contributed by atoms with Crippen molar-refractivity contribution in [2.45, 2.75) is 17.4 Å². The highest BCUT2D eigenvalue weighted by atomic mass is 32.2. The third-order valence-corrected chi connectivity index (χ3v) is 6.58. The van der Waals surface area contributed by atoms with Gasteiger partial charge in [0, 0.05) is 12.4 Å². The first-order chi connectivity index (χ1) is 13.4. The van der Waals surface area contributed by atoms with Crippen LogP contribution in [0.2, 0.25) is 0 Å². The zero-order valence-corrected chi connectivity index (χ0v) is 15.7. The van der Waals surface area contributed by atoms with E-state index in [1.807, 2.05) is 6.07 Å². The Kier molecular flexibility index (Phi) is 4.54. The molecule has 1 aliphatic rings. The molecule has 4 rings (SSSR count). The molecule has 0 saturated heterocycles. The summed E-state index contributed by atoms with van der Waals surface area (Å²) in [6.07, 6.45) is 3.91. The SMILES string of the molecule is COc1c(F)ccc(F)c1S(=O)(=O)N1CC(n2cccn2)Cc2ccccc21. The third-order valence-electron chi connectivity index (χ3n) is 4.76. The number of halogens is 2. The highest BCUT2D eigenvalue weighted by molar-refractivity contribution is 7.93. The van der Waals surface area contributed by atoms with Crippen LogP contribution in [-0.2, 0) is 16.4 Å². The number of sulfonamides is 1. The van der Waals surface area contributed by atoms with Crippen LogP contribution in [0.15, 0.2) is 59.8 Å². The van der Waals surface area contributed by atoms with E-state index in [4.69, 9.17) is 4.74 Å². The summed E-state index contributed by atoms with van der Waals surface area (Å²) >= 11 is 0. The first-order valence-corrected chi connectivity index (χ1v) is 9.99. The molecule has 0 spiro atoms. The molecule has 146 valence electrons. The molecule has 0 bridgehead atoms. The molecule has 9 heteroatoms. The molecule has 1 atom stereocenters. The van der Waals surface area contributed by atoms with Gasteiger partial charge in [-0.3, -0.25) is 8.99 Å². The molecule has 2 aromatic carbocycles. The number of nitrogens with zero attached hydrogens (tertiary/aromatic N) is 3. The van der Waals surface area contributed by atoms with Crippen molar-refractivity contribution in [2.24, 2.45) is 0 Å². The molecule has 0 aliphatic carbocycles. The first-order valence-electron chi connectivity index (χ1n) is 8.55. The summed E-state index contributed by atoms with van der Waals surface area (Å²) in [4.78, 5) is -0.814. The molecular formula is C19H17F2N3O3S. The minimum Gasteiger partial charge on any atom is -0.492 e. The fraction of sp³-hybridized carbons (Fsp3) is 0.211. The van der Waals surface area contributed by atoms with Crippen molar-refractivity contribution in [3.05, 3.63) is 72.1 Å². The molecular weight excluding hydrogens is 388 g/mol. The van der Waals surface area contributed by atoms with E-state index in [0.29, 0.717) is 12.1 Å². The van der Waals surface area contributed by atoms with Crippen molar-refractivity contribution < 1.29 is 21.9 Å². The number of hydrogen-bond donors (Lipinski definition) is 0. The van der Waals surface area contributed by atoms with Crippen LogP contribution in [0.25, 0.3) is 0 Å². The highest BCUT2D eigenvalue weighted by Crippen LogP contribution is 2.39. The van der Waals surface area contributed by atoms with E-state index in [1.54, 1.807) is 41.3 Å². The van der Waals surface area contributed by atoms with Crippen LogP contribution in [0, 0.1) is 11.6 Å². The monoisotopic (exact) mass is 405 g/mol. The zero-order chi connectivity index (χ0) is 19.9. The van der Waals surface area contributed by atoms with Crippen molar-refractivity contribution in [1.29, 1.82) is 0 Å². The van der Waals surface area contributed by atoms with Gasteiger partial charge in [0.15, 0.2) is 16.5 Å². The summed E-state index contributed by atoms with van der Waals surface area (Å²) in [7, 11) is -3.34.